The SMILES string of the molecule is CN=C(NCCN(C)CCCOC)NCc1cccc(NC(=O)N2CCCC2)c1. The highest BCUT2D eigenvalue weighted by atomic mass is 16.5. The highest BCUT2D eigenvalue weighted by Gasteiger charge is 2.17. The molecule has 2 amide bonds. The summed E-state index contributed by atoms with van der Waals surface area (Å²) in [6, 6.07) is 7.90. The third-order valence-corrected chi connectivity index (χ3v) is 4.93. The number of aliphatic imine (C=N–C) groups is 1. The van der Waals surface area contributed by atoms with Gasteiger partial charge in [0.15, 0.2) is 5.96 Å². The normalized spacial score (nSPS) is 14.3. The first-order valence-electron chi connectivity index (χ1n) is 10.4. The molecule has 0 aromatic heterocycles. The second-order valence-electron chi connectivity index (χ2n) is 7.33. The average Bonchev–Trinajstić information content (AvgIpc) is 3.26. The molecule has 29 heavy (non-hydrogen) atoms. The van der Waals surface area contributed by atoms with Crippen LogP contribution in [0.1, 0.15) is 24.8 Å². The van der Waals surface area contributed by atoms with Gasteiger partial charge < -0.3 is 30.5 Å². The van der Waals surface area contributed by atoms with Gasteiger partial charge in [-0.05, 0) is 44.0 Å². The Balaban J connectivity index is 1.72. The predicted octanol–water partition coefficient (Wildman–Crippen LogP) is 1.95. The minimum Gasteiger partial charge on any atom is -0.385 e. The van der Waals surface area contributed by atoms with Crippen LogP contribution in [0.2, 0.25) is 0 Å². The van der Waals surface area contributed by atoms with Gasteiger partial charge >= 0.3 is 6.03 Å². The summed E-state index contributed by atoms with van der Waals surface area (Å²) in [5.41, 5.74) is 1.91. The van der Waals surface area contributed by atoms with Crippen molar-refractivity contribution in [3.8, 4) is 0 Å². The zero-order valence-corrected chi connectivity index (χ0v) is 18.0. The fourth-order valence-corrected chi connectivity index (χ4v) is 3.24. The molecule has 0 aliphatic carbocycles. The minimum atomic E-state index is -0.0142. The van der Waals surface area contributed by atoms with E-state index >= 15 is 0 Å². The molecule has 1 fully saturated rings. The highest BCUT2D eigenvalue weighted by Crippen LogP contribution is 2.14. The van der Waals surface area contributed by atoms with E-state index in [1.807, 2.05) is 29.2 Å². The van der Waals surface area contributed by atoms with Crippen LogP contribution in [0, 0.1) is 0 Å². The van der Waals surface area contributed by atoms with Crippen molar-refractivity contribution < 1.29 is 9.53 Å². The first-order chi connectivity index (χ1) is 14.1. The number of hydrogen-bond acceptors (Lipinski definition) is 4. The molecule has 8 nitrogen and oxygen atoms in total. The van der Waals surface area contributed by atoms with Crippen molar-refractivity contribution in [2.45, 2.75) is 25.8 Å². The summed E-state index contributed by atoms with van der Waals surface area (Å²) in [6.07, 6.45) is 3.21. The van der Waals surface area contributed by atoms with E-state index in [9.17, 15) is 4.79 Å². The lowest BCUT2D eigenvalue weighted by Crippen LogP contribution is -2.40. The van der Waals surface area contributed by atoms with Crippen LogP contribution in [0.5, 0.6) is 0 Å². The van der Waals surface area contributed by atoms with Gasteiger partial charge in [0, 0.05) is 65.7 Å². The number of ether oxygens (including phenoxy) is 1. The van der Waals surface area contributed by atoms with Gasteiger partial charge in [-0.3, -0.25) is 4.99 Å². The Bertz CT molecular complexity index is 646. The second-order valence-corrected chi connectivity index (χ2v) is 7.33. The van der Waals surface area contributed by atoms with Crippen LogP contribution in [0.3, 0.4) is 0 Å². The largest absolute Gasteiger partial charge is 0.385 e. The molecule has 1 aromatic carbocycles. The van der Waals surface area contributed by atoms with Crippen molar-refractivity contribution in [3.63, 3.8) is 0 Å². The maximum Gasteiger partial charge on any atom is 0.321 e. The summed E-state index contributed by atoms with van der Waals surface area (Å²) in [5.74, 6) is 0.766. The summed E-state index contributed by atoms with van der Waals surface area (Å²) in [5, 5.41) is 9.65. The molecule has 1 heterocycles. The number of rotatable bonds is 10. The van der Waals surface area contributed by atoms with Crippen LogP contribution in [-0.4, -0.2) is 82.3 Å². The number of nitrogens with one attached hydrogen (secondary N) is 3. The smallest absolute Gasteiger partial charge is 0.321 e. The minimum absolute atomic E-state index is 0.0142. The van der Waals surface area contributed by atoms with Crippen LogP contribution < -0.4 is 16.0 Å². The molecule has 1 saturated heterocycles. The number of likely N-dealkylation sites (N-methyl/N-ethyl adjacent to an activating group) is 1. The predicted molar refractivity (Wildman–Crippen MR) is 118 cm³/mol. The third-order valence-electron chi connectivity index (χ3n) is 4.93. The maximum absolute atomic E-state index is 12.3. The number of guanidine groups is 1. The number of amides is 2. The van der Waals surface area contributed by atoms with Crippen molar-refractivity contribution >= 4 is 17.7 Å². The molecule has 3 N–H and O–H groups in total. The molecule has 0 bridgehead atoms. The van der Waals surface area contributed by atoms with E-state index in [-0.39, 0.29) is 6.03 Å². The van der Waals surface area contributed by atoms with Crippen molar-refractivity contribution in [3.05, 3.63) is 29.8 Å². The van der Waals surface area contributed by atoms with Crippen molar-refractivity contribution in [1.82, 2.24) is 20.4 Å². The maximum atomic E-state index is 12.3. The van der Waals surface area contributed by atoms with E-state index in [2.05, 4.69) is 32.9 Å². The van der Waals surface area contributed by atoms with Gasteiger partial charge in [0.25, 0.3) is 0 Å². The van der Waals surface area contributed by atoms with E-state index in [0.717, 1.165) is 75.8 Å². The zero-order chi connectivity index (χ0) is 20.9. The Morgan fingerprint density at radius 1 is 1.24 bits per heavy atom. The summed E-state index contributed by atoms with van der Waals surface area (Å²) in [7, 11) is 5.61. The van der Waals surface area contributed by atoms with Crippen LogP contribution >= 0.6 is 0 Å². The quantitative estimate of drug-likeness (QED) is 0.315. The summed E-state index contributed by atoms with van der Waals surface area (Å²) in [6.45, 7) is 5.87. The van der Waals surface area contributed by atoms with Crippen molar-refractivity contribution in [2.24, 2.45) is 4.99 Å². The van der Waals surface area contributed by atoms with Gasteiger partial charge in [-0.2, -0.15) is 0 Å². The topological polar surface area (TPSA) is 81.2 Å². The Hall–Kier alpha value is -2.32. The lowest BCUT2D eigenvalue weighted by atomic mass is 10.2. The monoisotopic (exact) mass is 404 g/mol. The number of methoxy groups -OCH3 is 1. The van der Waals surface area contributed by atoms with Gasteiger partial charge in [0.2, 0.25) is 0 Å². The number of likely N-dealkylation sites (tertiary alicyclic amines) is 1. The van der Waals surface area contributed by atoms with Crippen molar-refractivity contribution in [1.29, 1.82) is 0 Å². The number of hydrogen-bond donors (Lipinski definition) is 3. The molecule has 2 rings (SSSR count). The number of nitrogens with zero attached hydrogens (tertiary/aromatic N) is 3. The first kappa shape index (κ1) is 23.0. The second kappa shape index (κ2) is 13.0. The van der Waals surface area contributed by atoms with Gasteiger partial charge in [-0.1, -0.05) is 12.1 Å². The summed E-state index contributed by atoms with van der Waals surface area (Å²) < 4.78 is 5.08. The standard InChI is InChI=1S/C21H36N6O2/c1-22-20(23-10-14-26(2)11-7-15-29-3)24-17-18-8-6-9-19(16-18)25-21(28)27-12-4-5-13-27/h6,8-9,16H,4-5,7,10-15,17H2,1-3H3,(H,25,28)(H2,22,23,24). The molecule has 0 saturated carbocycles. The van der Waals surface area contributed by atoms with Gasteiger partial charge in [0.05, 0.1) is 0 Å². The van der Waals surface area contributed by atoms with Crippen LogP contribution in [-0.2, 0) is 11.3 Å². The fourth-order valence-electron chi connectivity index (χ4n) is 3.24. The van der Waals surface area contributed by atoms with E-state index < -0.39 is 0 Å². The fraction of sp³-hybridized carbons (Fsp3) is 0.619. The summed E-state index contributed by atoms with van der Waals surface area (Å²) in [4.78, 5) is 20.7. The van der Waals surface area contributed by atoms with E-state index in [1.54, 1.807) is 14.2 Å². The third kappa shape index (κ3) is 8.70. The number of urea groups is 1. The Kier molecular flexibility index (Phi) is 10.3. The molecule has 162 valence electrons. The lowest BCUT2D eigenvalue weighted by Gasteiger charge is -2.18. The molecule has 0 atom stereocenters. The van der Waals surface area contributed by atoms with Crippen LogP contribution in [0.4, 0.5) is 10.5 Å². The van der Waals surface area contributed by atoms with E-state index in [0.29, 0.717) is 6.54 Å². The highest BCUT2D eigenvalue weighted by molar-refractivity contribution is 5.89. The molecule has 0 spiro atoms. The number of carbonyl (C=O) groups excluding carboxylic acids is 1. The van der Waals surface area contributed by atoms with E-state index in [4.69, 9.17) is 4.74 Å². The molecule has 1 aromatic rings. The van der Waals surface area contributed by atoms with Crippen molar-refractivity contribution in [2.75, 3.05) is 65.9 Å². The number of anilines is 1. The lowest BCUT2D eigenvalue weighted by molar-refractivity contribution is 0.180. The van der Waals surface area contributed by atoms with Gasteiger partial charge in [-0.25, -0.2) is 4.79 Å². The summed E-state index contributed by atoms with van der Waals surface area (Å²) >= 11 is 0. The Labute approximate surface area is 174 Å². The molecule has 1 aliphatic rings. The Morgan fingerprint density at radius 2 is 2.03 bits per heavy atom. The average molecular weight is 405 g/mol. The molecule has 1 aliphatic heterocycles. The molecule has 8 heteroatoms. The molecule has 0 radical (unpaired) electrons. The Morgan fingerprint density at radius 3 is 2.76 bits per heavy atom. The molecule has 0 unspecified atom stereocenters. The zero-order valence-electron chi connectivity index (χ0n) is 18.0. The van der Waals surface area contributed by atoms with Crippen LogP contribution in [0.15, 0.2) is 29.3 Å². The molecular weight excluding hydrogens is 368 g/mol. The first-order valence-corrected chi connectivity index (χ1v) is 10.4. The number of benzene rings is 1. The van der Waals surface area contributed by atoms with Gasteiger partial charge in [-0.15, -0.1) is 0 Å². The number of carbonyl (C=O) groups is 1. The van der Waals surface area contributed by atoms with Gasteiger partial charge in [0.1, 0.15) is 0 Å². The van der Waals surface area contributed by atoms with Crippen LogP contribution in [0.25, 0.3) is 0 Å². The molecular formula is C21H36N6O2. The van der Waals surface area contributed by atoms with E-state index in [1.165, 1.54) is 0 Å².